The van der Waals surface area contributed by atoms with Gasteiger partial charge in [0.1, 0.15) is 11.6 Å². The lowest BCUT2D eigenvalue weighted by Crippen LogP contribution is -2.08. The Labute approximate surface area is 115 Å². The van der Waals surface area contributed by atoms with Gasteiger partial charge in [0.05, 0.1) is 5.69 Å². The Hall–Kier alpha value is -2.17. The molecule has 0 saturated carbocycles. The maximum absolute atomic E-state index is 13.5. The van der Waals surface area contributed by atoms with Gasteiger partial charge >= 0.3 is 6.61 Å². The summed E-state index contributed by atoms with van der Waals surface area (Å²) in [5, 5.41) is 3.02. The number of alkyl halides is 2. The van der Waals surface area contributed by atoms with Crippen LogP contribution in [0.2, 0.25) is 0 Å². The van der Waals surface area contributed by atoms with Crippen LogP contribution in [0.5, 0.6) is 5.75 Å². The minimum Gasteiger partial charge on any atom is -0.435 e. The van der Waals surface area contributed by atoms with Crippen LogP contribution in [0.15, 0.2) is 48.5 Å². The second-order valence-electron chi connectivity index (χ2n) is 4.29. The summed E-state index contributed by atoms with van der Waals surface area (Å²) in [4.78, 5) is 0. The molecule has 0 spiro atoms. The number of anilines is 1. The number of ether oxygens (including phenoxy) is 1. The Morgan fingerprint density at radius 3 is 2.25 bits per heavy atom. The van der Waals surface area contributed by atoms with E-state index in [-0.39, 0.29) is 17.6 Å². The first kappa shape index (κ1) is 14.2. The predicted octanol–water partition coefficient (Wildman–Crippen LogP) is 4.60. The molecule has 0 aliphatic carbocycles. The van der Waals surface area contributed by atoms with Crippen LogP contribution in [0.4, 0.5) is 18.9 Å². The van der Waals surface area contributed by atoms with Crippen LogP contribution in [0.3, 0.4) is 0 Å². The van der Waals surface area contributed by atoms with Gasteiger partial charge in [-0.2, -0.15) is 8.78 Å². The summed E-state index contributed by atoms with van der Waals surface area (Å²) in [5.41, 5.74) is 1.24. The average Bonchev–Trinajstić information content (AvgIpc) is 2.41. The van der Waals surface area contributed by atoms with Crippen molar-refractivity contribution in [3.63, 3.8) is 0 Å². The summed E-state index contributed by atoms with van der Waals surface area (Å²) in [7, 11) is 0. The Kier molecular flexibility index (Phi) is 4.50. The fraction of sp³-hybridized carbons (Fsp3) is 0.200. The molecule has 0 aliphatic rings. The smallest absolute Gasteiger partial charge is 0.387 e. The van der Waals surface area contributed by atoms with E-state index >= 15 is 0 Å². The molecule has 0 radical (unpaired) electrons. The van der Waals surface area contributed by atoms with Crippen molar-refractivity contribution in [3.05, 3.63) is 59.9 Å². The lowest BCUT2D eigenvalue weighted by molar-refractivity contribution is -0.0498. The number of para-hydroxylation sites is 1. The molecule has 1 N–H and O–H groups in total. The van der Waals surface area contributed by atoms with E-state index in [1.54, 1.807) is 30.3 Å². The molecule has 0 fully saturated rings. The lowest BCUT2D eigenvalue weighted by atomic mass is 10.1. The third-order valence-corrected chi connectivity index (χ3v) is 2.85. The minimum atomic E-state index is -2.84. The van der Waals surface area contributed by atoms with Crippen molar-refractivity contribution in [2.45, 2.75) is 19.6 Å². The van der Waals surface area contributed by atoms with Crippen molar-refractivity contribution >= 4 is 5.69 Å². The zero-order chi connectivity index (χ0) is 14.5. The molecule has 5 heteroatoms. The molecule has 106 valence electrons. The number of hydrogen-bond acceptors (Lipinski definition) is 2. The van der Waals surface area contributed by atoms with Gasteiger partial charge in [-0.1, -0.05) is 24.3 Å². The molecule has 0 aromatic heterocycles. The van der Waals surface area contributed by atoms with Crippen LogP contribution in [0, 0.1) is 5.82 Å². The molecule has 2 aromatic carbocycles. The quantitative estimate of drug-likeness (QED) is 0.864. The molecular weight excluding hydrogens is 267 g/mol. The third kappa shape index (κ3) is 3.66. The molecule has 0 bridgehead atoms. The largest absolute Gasteiger partial charge is 0.435 e. The Balaban J connectivity index is 2.06. The zero-order valence-corrected chi connectivity index (χ0v) is 10.8. The average molecular weight is 281 g/mol. The van der Waals surface area contributed by atoms with Crippen LogP contribution >= 0.6 is 0 Å². The summed E-state index contributed by atoms with van der Waals surface area (Å²) in [5.74, 6) is -0.237. The van der Waals surface area contributed by atoms with Gasteiger partial charge in [-0.05, 0) is 36.8 Å². The topological polar surface area (TPSA) is 21.3 Å². The SMILES string of the molecule is CC(Nc1ccccc1F)c1ccc(OC(F)F)cc1. The Morgan fingerprint density at radius 2 is 1.65 bits per heavy atom. The van der Waals surface area contributed by atoms with E-state index in [0.29, 0.717) is 5.69 Å². The molecule has 2 nitrogen and oxygen atoms in total. The Morgan fingerprint density at radius 1 is 1.00 bits per heavy atom. The molecule has 0 aliphatic heterocycles. The highest BCUT2D eigenvalue weighted by molar-refractivity contribution is 5.46. The normalized spacial score (nSPS) is 12.2. The predicted molar refractivity (Wildman–Crippen MR) is 71.5 cm³/mol. The van der Waals surface area contributed by atoms with Crippen LogP contribution in [-0.4, -0.2) is 6.61 Å². The van der Waals surface area contributed by atoms with Crippen molar-refractivity contribution in [1.82, 2.24) is 0 Å². The van der Waals surface area contributed by atoms with E-state index in [9.17, 15) is 13.2 Å². The van der Waals surface area contributed by atoms with Gasteiger partial charge < -0.3 is 10.1 Å². The minimum absolute atomic E-state index is 0.0989. The zero-order valence-electron chi connectivity index (χ0n) is 10.8. The van der Waals surface area contributed by atoms with Gasteiger partial charge in [-0.25, -0.2) is 4.39 Å². The van der Waals surface area contributed by atoms with Crippen LogP contribution in [0.1, 0.15) is 18.5 Å². The highest BCUT2D eigenvalue weighted by Crippen LogP contribution is 2.23. The van der Waals surface area contributed by atoms with E-state index in [2.05, 4.69) is 10.1 Å². The summed E-state index contributed by atoms with van der Waals surface area (Å²) in [6.07, 6.45) is 0. The first-order valence-corrected chi connectivity index (χ1v) is 6.12. The van der Waals surface area contributed by atoms with Gasteiger partial charge in [0.25, 0.3) is 0 Å². The number of nitrogens with one attached hydrogen (secondary N) is 1. The van der Waals surface area contributed by atoms with E-state index in [4.69, 9.17) is 0 Å². The van der Waals surface area contributed by atoms with Gasteiger partial charge in [0, 0.05) is 6.04 Å². The van der Waals surface area contributed by atoms with Crippen molar-refractivity contribution in [3.8, 4) is 5.75 Å². The van der Waals surface area contributed by atoms with Gasteiger partial charge in [-0.3, -0.25) is 0 Å². The van der Waals surface area contributed by atoms with Crippen molar-refractivity contribution < 1.29 is 17.9 Å². The van der Waals surface area contributed by atoms with E-state index in [1.165, 1.54) is 18.2 Å². The molecule has 0 saturated heterocycles. The monoisotopic (exact) mass is 281 g/mol. The van der Waals surface area contributed by atoms with Crippen molar-refractivity contribution in [2.75, 3.05) is 5.32 Å². The maximum atomic E-state index is 13.5. The first-order valence-electron chi connectivity index (χ1n) is 6.12. The molecule has 20 heavy (non-hydrogen) atoms. The molecule has 2 rings (SSSR count). The summed E-state index contributed by atoms with van der Waals surface area (Å²) < 4.78 is 41.9. The Bertz CT molecular complexity index is 557. The summed E-state index contributed by atoms with van der Waals surface area (Å²) in [6.45, 7) is -0.982. The number of benzene rings is 2. The number of hydrogen-bond donors (Lipinski definition) is 1. The van der Waals surface area contributed by atoms with Crippen molar-refractivity contribution in [1.29, 1.82) is 0 Å². The molecule has 0 amide bonds. The van der Waals surface area contributed by atoms with Crippen LogP contribution in [-0.2, 0) is 0 Å². The molecule has 2 aromatic rings. The molecular formula is C15H14F3NO. The standard InChI is InChI=1S/C15H14F3NO/c1-10(19-14-5-3-2-4-13(14)16)11-6-8-12(9-7-11)20-15(17)18/h2-10,15,19H,1H3. The highest BCUT2D eigenvalue weighted by Gasteiger charge is 2.09. The van der Waals surface area contributed by atoms with Crippen LogP contribution in [0.25, 0.3) is 0 Å². The second-order valence-corrected chi connectivity index (χ2v) is 4.29. The molecule has 1 unspecified atom stereocenters. The first-order chi connectivity index (χ1) is 9.56. The lowest BCUT2D eigenvalue weighted by Gasteiger charge is -2.16. The van der Waals surface area contributed by atoms with Gasteiger partial charge in [0.15, 0.2) is 0 Å². The number of rotatable bonds is 5. The van der Waals surface area contributed by atoms with Crippen LogP contribution < -0.4 is 10.1 Å². The maximum Gasteiger partial charge on any atom is 0.387 e. The highest BCUT2D eigenvalue weighted by atomic mass is 19.3. The second kappa shape index (κ2) is 6.32. The fourth-order valence-electron chi connectivity index (χ4n) is 1.83. The molecule has 0 heterocycles. The van der Waals surface area contributed by atoms with E-state index in [1.807, 2.05) is 6.92 Å². The third-order valence-electron chi connectivity index (χ3n) is 2.85. The van der Waals surface area contributed by atoms with Gasteiger partial charge in [-0.15, -0.1) is 0 Å². The van der Waals surface area contributed by atoms with E-state index in [0.717, 1.165) is 5.56 Å². The number of halogens is 3. The summed E-state index contributed by atoms with van der Waals surface area (Å²) in [6, 6.07) is 12.4. The van der Waals surface area contributed by atoms with Crippen molar-refractivity contribution in [2.24, 2.45) is 0 Å². The summed E-state index contributed by atoms with van der Waals surface area (Å²) >= 11 is 0. The fourth-order valence-corrected chi connectivity index (χ4v) is 1.83. The molecule has 1 atom stereocenters. The van der Waals surface area contributed by atoms with E-state index < -0.39 is 6.61 Å². The van der Waals surface area contributed by atoms with Gasteiger partial charge in [0.2, 0.25) is 0 Å².